The molecule has 1 unspecified atom stereocenters. The van der Waals surface area contributed by atoms with Gasteiger partial charge in [0.05, 0.1) is 5.69 Å². The summed E-state index contributed by atoms with van der Waals surface area (Å²) in [7, 11) is 0. The summed E-state index contributed by atoms with van der Waals surface area (Å²) < 4.78 is 0. The van der Waals surface area contributed by atoms with Gasteiger partial charge in [0.15, 0.2) is 12.0 Å². The maximum Gasteiger partial charge on any atom is 0.226 e. The molecule has 0 fully saturated rings. The fourth-order valence-electron chi connectivity index (χ4n) is 2.05. The van der Waals surface area contributed by atoms with Crippen LogP contribution >= 0.6 is 0 Å². The number of carbonyl (C=O) groups is 2. The summed E-state index contributed by atoms with van der Waals surface area (Å²) in [6.07, 6.45) is 0.292. The standard InChI is InChI=1S/C13H13NO3/c1-8(15)7-11-10-5-3-4-6-12(10)14(9(2)16)13(11)17/h3-7,13,17H,1-2H3/b11-7-. The third-order valence-electron chi connectivity index (χ3n) is 2.70. The van der Waals surface area contributed by atoms with E-state index in [4.69, 9.17) is 0 Å². The van der Waals surface area contributed by atoms with Crippen molar-refractivity contribution in [3.8, 4) is 0 Å². The summed E-state index contributed by atoms with van der Waals surface area (Å²) >= 11 is 0. The van der Waals surface area contributed by atoms with Crippen molar-refractivity contribution < 1.29 is 14.7 Å². The third kappa shape index (κ3) is 1.87. The Balaban J connectivity index is 2.60. The second kappa shape index (κ2) is 4.14. The molecule has 88 valence electrons. The molecule has 0 spiro atoms. The average Bonchev–Trinajstić information content (AvgIpc) is 2.52. The van der Waals surface area contributed by atoms with E-state index >= 15 is 0 Å². The van der Waals surface area contributed by atoms with Gasteiger partial charge in [0, 0.05) is 18.1 Å². The monoisotopic (exact) mass is 231 g/mol. The number of fused-ring (bicyclic) bond motifs is 1. The maximum atomic E-state index is 11.5. The number of hydrogen-bond acceptors (Lipinski definition) is 3. The van der Waals surface area contributed by atoms with Crippen molar-refractivity contribution in [1.29, 1.82) is 0 Å². The number of nitrogens with zero attached hydrogens (tertiary/aromatic N) is 1. The molecule has 1 aliphatic rings. The van der Waals surface area contributed by atoms with Crippen molar-refractivity contribution in [1.82, 2.24) is 0 Å². The summed E-state index contributed by atoms with van der Waals surface area (Å²) in [5, 5.41) is 10.1. The van der Waals surface area contributed by atoms with Crippen LogP contribution in [0.2, 0.25) is 0 Å². The predicted molar refractivity (Wildman–Crippen MR) is 64.3 cm³/mol. The third-order valence-corrected chi connectivity index (χ3v) is 2.70. The summed E-state index contributed by atoms with van der Waals surface area (Å²) in [5.41, 5.74) is 1.84. The number of allylic oxidation sites excluding steroid dienone is 1. The van der Waals surface area contributed by atoms with Gasteiger partial charge in [-0.3, -0.25) is 14.5 Å². The second-order valence-corrected chi connectivity index (χ2v) is 3.99. The van der Waals surface area contributed by atoms with E-state index in [0.29, 0.717) is 11.3 Å². The van der Waals surface area contributed by atoms with Crippen molar-refractivity contribution in [3.05, 3.63) is 35.9 Å². The molecular formula is C13H13NO3. The van der Waals surface area contributed by atoms with Crippen molar-refractivity contribution >= 4 is 23.0 Å². The Morgan fingerprint density at radius 1 is 1.29 bits per heavy atom. The molecule has 0 aromatic heterocycles. The van der Waals surface area contributed by atoms with E-state index in [0.717, 1.165) is 5.56 Å². The number of aliphatic hydroxyl groups excluding tert-OH is 1. The Hall–Kier alpha value is -1.94. The topological polar surface area (TPSA) is 57.6 Å². The van der Waals surface area contributed by atoms with Gasteiger partial charge in [-0.15, -0.1) is 0 Å². The smallest absolute Gasteiger partial charge is 0.226 e. The maximum absolute atomic E-state index is 11.5. The molecular weight excluding hydrogens is 218 g/mol. The van der Waals surface area contributed by atoms with E-state index in [1.54, 1.807) is 18.2 Å². The minimum atomic E-state index is -1.08. The van der Waals surface area contributed by atoms with Crippen LogP contribution in [0.15, 0.2) is 30.3 Å². The van der Waals surface area contributed by atoms with Crippen molar-refractivity contribution in [3.63, 3.8) is 0 Å². The first-order valence-corrected chi connectivity index (χ1v) is 5.32. The number of ketones is 1. The van der Waals surface area contributed by atoms with Crippen LogP contribution in [0.1, 0.15) is 19.4 Å². The number of hydrogen-bond donors (Lipinski definition) is 1. The molecule has 0 bridgehead atoms. The van der Waals surface area contributed by atoms with Crippen LogP contribution in [0, 0.1) is 0 Å². The lowest BCUT2D eigenvalue weighted by Gasteiger charge is -2.19. The number of para-hydroxylation sites is 1. The zero-order valence-corrected chi connectivity index (χ0v) is 9.68. The Morgan fingerprint density at radius 3 is 2.53 bits per heavy atom. The van der Waals surface area contributed by atoms with Crippen molar-refractivity contribution in [2.45, 2.75) is 20.1 Å². The van der Waals surface area contributed by atoms with Gasteiger partial charge in [-0.1, -0.05) is 18.2 Å². The SMILES string of the molecule is CC(=O)/C=C1/c2ccccc2N(C(C)=O)C1O. The largest absolute Gasteiger partial charge is 0.369 e. The lowest BCUT2D eigenvalue weighted by atomic mass is 10.1. The average molecular weight is 231 g/mol. The van der Waals surface area contributed by atoms with Crippen LogP contribution in [-0.2, 0) is 9.59 Å². The van der Waals surface area contributed by atoms with E-state index in [2.05, 4.69) is 0 Å². The first kappa shape index (κ1) is 11.5. The molecule has 4 heteroatoms. The van der Waals surface area contributed by atoms with Gasteiger partial charge in [-0.2, -0.15) is 0 Å². The highest BCUT2D eigenvalue weighted by Crippen LogP contribution is 2.39. The second-order valence-electron chi connectivity index (χ2n) is 3.99. The molecule has 0 radical (unpaired) electrons. The normalized spacial score (nSPS) is 20.5. The van der Waals surface area contributed by atoms with Crippen LogP contribution in [0.4, 0.5) is 5.69 Å². The molecule has 17 heavy (non-hydrogen) atoms. The highest BCUT2D eigenvalue weighted by molar-refractivity contribution is 6.06. The Labute approximate surface area is 99.2 Å². The number of anilines is 1. The van der Waals surface area contributed by atoms with E-state index in [9.17, 15) is 14.7 Å². The highest BCUT2D eigenvalue weighted by Gasteiger charge is 2.34. The molecule has 1 aromatic carbocycles. The lowest BCUT2D eigenvalue weighted by Crippen LogP contribution is -2.35. The van der Waals surface area contributed by atoms with Gasteiger partial charge in [0.2, 0.25) is 5.91 Å². The minimum absolute atomic E-state index is 0.153. The van der Waals surface area contributed by atoms with Crippen LogP contribution in [0.3, 0.4) is 0 Å². The number of aliphatic hydroxyl groups is 1. The molecule has 1 heterocycles. The van der Waals surface area contributed by atoms with Crippen LogP contribution in [0.5, 0.6) is 0 Å². The van der Waals surface area contributed by atoms with E-state index in [-0.39, 0.29) is 11.7 Å². The van der Waals surface area contributed by atoms with E-state index in [1.807, 2.05) is 6.07 Å². The summed E-state index contributed by atoms with van der Waals surface area (Å²) in [5.74, 6) is -0.406. The molecule has 1 aliphatic heterocycles. The molecule has 2 rings (SSSR count). The first-order chi connectivity index (χ1) is 8.02. The zero-order valence-electron chi connectivity index (χ0n) is 9.68. The van der Waals surface area contributed by atoms with Gasteiger partial charge < -0.3 is 5.11 Å². The Bertz CT molecular complexity index is 519. The first-order valence-electron chi connectivity index (χ1n) is 5.32. The molecule has 1 amide bonds. The van der Waals surface area contributed by atoms with Gasteiger partial charge in [-0.05, 0) is 19.1 Å². The number of amides is 1. The van der Waals surface area contributed by atoms with Gasteiger partial charge in [0.25, 0.3) is 0 Å². The fourth-order valence-corrected chi connectivity index (χ4v) is 2.05. The van der Waals surface area contributed by atoms with Gasteiger partial charge >= 0.3 is 0 Å². The number of rotatable bonds is 1. The Kier molecular flexibility index (Phi) is 2.81. The quantitative estimate of drug-likeness (QED) is 0.742. The summed E-state index contributed by atoms with van der Waals surface area (Å²) in [6, 6.07) is 7.14. The highest BCUT2D eigenvalue weighted by atomic mass is 16.3. The number of benzene rings is 1. The van der Waals surface area contributed by atoms with Gasteiger partial charge in [0.1, 0.15) is 0 Å². The molecule has 1 atom stereocenters. The zero-order chi connectivity index (χ0) is 12.6. The molecule has 1 N–H and O–H groups in total. The fraction of sp³-hybridized carbons (Fsp3) is 0.231. The Morgan fingerprint density at radius 2 is 1.94 bits per heavy atom. The molecule has 0 saturated heterocycles. The minimum Gasteiger partial charge on any atom is -0.369 e. The molecule has 0 saturated carbocycles. The molecule has 0 aliphatic carbocycles. The van der Waals surface area contributed by atoms with Crippen molar-refractivity contribution in [2.24, 2.45) is 0 Å². The van der Waals surface area contributed by atoms with E-state index in [1.165, 1.54) is 24.8 Å². The molecule has 1 aromatic rings. The van der Waals surface area contributed by atoms with Crippen LogP contribution in [0.25, 0.3) is 5.57 Å². The predicted octanol–water partition coefficient (Wildman–Crippen LogP) is 1.34. The lowest BCUT2D eigenvalue weighted by molar-refractivity contribution is -0.118. The van der Waals surface area contributed by atoms with Crippen molar-refractivity contribution in [2.75, 3.05) is 4.90 Å². The molecule has 4 nitrogen and oxygen atoms in total. The summed E-state index contributed by atoms with van der Waals surface area (Å²) in [4.78, 5) is 23.9. The number of carbonyl (C=O) groups excluding carboxylic acids is 2. The van der Waals surface area contributed by atoms with Gasteiger partial charge in [-0.25, -0.2) is 0 Å². The van der Waals surface area contributed by atoms with Crippen LogP contribution in [-0.4, -0.2) is 23.0 Å². The van der Waals surface area contributed by atoms with Crippen LogP contribution < -0.4 is 4.90 Å². The van der Waals surface area contributed by atoms with E-state index < -0.39 is 6.23 Å². The summed E-state index contributed by atoms with van der Waals surface area (Å²) in [6.45, 7) is 2.80.